The average molecular weight is 1100 g/mol. The van der Waals surface area contributed by atoms with Crippen LogP contribution in [0.15, 0.2) is 36.5 Å². The zero-order chi connectivity index (χ0) is 48.9. The van der Waals surface area contributed by atoms with E-state index in [1.807, 2.05) is 0 Å². The van der Waals surface area contributed by atoms with Crippen molar-refractivity contribution in [2.75, 3.05) is 0 Å². The van der Waals surface area contributed by atoms with Crippen LogP contribution in [0, 0.1) is 37.7 Å². The van der Waals surface area contributed by atoms with E-state index in [0.717, 1.165) is 38.5 Å². The van der Waals surface area contributed by atoms with Crippen molar-refractivity contribution in [3.8, 4) is 0 Å². The van der Waals surface area contributed by atoms with Gasteiger partial charge in [-0.05, 0) is 96.3 Å². The van der Waals surface area contributed by atoms with E-state index in [-0.39, 0.29) is 37.7 Å². The van der Waals surface area contributed by atoms with Crippen LogP contribution in [0.25, 0.3) is 0 Å². The summed E-state index contributed by atoms with van der Waals surface area (Å²) in [5.74, 6) is -1.98. The van der Waals surface area contributed by atoms with Crippen LogP contribution < -0.4 is 0 Å². The molecule has 0 aliphatic carbocycles. The number of hydrogen-bond acceptors (Lipinski definition) is 3. The Morgan fingerprint density at radius 1 is 0.239 bits per heavy atom. The molecule has 0 aromatic rings. The average Bonchev–Trinajstić information content (AvgIpc) is 3.29. The van der Waals surface area contributed by atoms with Gasteiger partial charge in [-0.15, -0.1) is 0 Å². The van der Waals surface area contributed by atoms with Crippen molar-refractivity contribution < 1.29 is 67.4 Å². The van der Waals surface area contributed by atoms with Crippen LogP contribution in [-0.2, 0) is 14.4 Å². The first-order chi connectivity index (χ1) is 32.3. The molecule has 0 spiro atoms. The molecule has 0 bridgehead atoms. The Morgan fingerprint density at radius 3 is 0.522 bits per heavy atom. The van der Waals surface area contributed by atoms with E-state index in [4.69, 9.17) is 15.3 Å². The summed E-state index contributed by atoms with van der Waals surface area (Å²) in [5.41, 5.74) is 0. The SMILES string of the molecule is CCCCCCCC/C=C\CCCCCCCCCC(=O)O.CCCCCCCC/C=C\CCCCCCCCCC(=O)O.CCCCCCCC/C=C\CCCCCCCCCC(=O)O.[Ho]. The predicted octanol–water partition coefficient (Wildman–Crippen LogP) is 20.7. The molecule has 0 aromatic heterocycles. The van der Waals surface area contributed by atoms with Gasteiger partial charge in [-0.1, -0.05) is 250 Å². The summed E-state index contributed by atoms with van der Waals surface area (Å²) in [4.78, 5) is 31.1. The summed E-state index contributed by atoms with van der Waals surface area (Å²) in [6.07, 6.45) is 72.5. The van der Waals surface area contributed by atoms with Gasteiger partial charge >= 0.3 is 17.9 Å². The van der Waals surface area contributed by atoms with E-state index in [2.05, 4.69) is 57.2 Å². The van der Waals surface area contributed by atoms with Crippen molar-refractivity contribution in [2.45, 2.75) is 329 Å². The smallest absolute Gasteiger partial charge is 0.303 e. The van der Waals surface area contributed by atoms with Gasteiger partial charge in [0, 0.05) is 57.0 Å². The Bertz CT molecular complexity index is 911. The van der Waals surface area contributed by atoms with E-state index in [9.17, 15) is 14.4 Å². The quantitative estimate of drug-likeness (QED) is 0.0318. The van der Waals surface area contributed by atoms with E-state index in [1.54, 1.807) is 0 Å². The zero-order valence-corrected chi connectivity index (χ0v) is 46.7. The second-order valence-electron chi connectivity index (χ2n) is 19.3. The van der Waals surface area contributed by atoms with Crippen LogP contribution in [0.1, 0.15) is 329 Å². The Labute approximate surface area is 447 Å². The summed E-state index contributed by atoms with van der Waals surface area (Å²) in [6.45, 7) is 6.80. The monoisotopic (exact) mass is 1100 g/mol. The third-order valence-corrected chi connectivity index (χ3v) is 12.5. The van der Waals surface area contributed by atoms with Gasteiger partial charge in [0.15, 0.2) is 0 Å². The van der Waals surface area contributed by atoms with Crippen LogP contribution in [0.4, 0.5) is 0 Å². The van der Waals surface area contributed by atoms with Crippen LogP contribution in [0.2, 0.25) is 0 Å². The minimum absolute atomic E-state index is 0. The van der Waals surface area contributed by atoms with E-state index in [0.29, 0.717) is 19.3 Å². The van der Waals surface area contributed by atoms with Gasteiger partial charge in [0.25, 0.3) is 0 Å². The van der Waals surface area contributed by atoms with Crippen molar-refractivity contribution in [2.24, 2.45) is 0 Å². The summed E-state index contributed by atoms with van der Waals surface area (Å²) in [5, 5.41) is 25.6. The summed E-state index contributed by atoms with van der Waals surface area (Å²) >= 11 is 0. The topological polar surface area (TPSA) is 112 Å². The molecule has 0 unspecified atom stereocenters. The molecule has 7 heteroatoms. The van der Waals surface area contributed by atoms with E-state index < -0.39 is 17.9 Å². The number of rotatable bonds is 51. The first kappa shape index (κ1) is 72.4. The first-order valence-electron chi connectivity index (χ1n) is 28.9. The van der Waals surface area contributed by atoms with Crippen LogP contribution in [0.5, 0.6) is 0 Å². The molecule has 0 heterocycles. The second-order valence-corrected chi connectivity index (χ2v) is 19.3. The largest absolute Gasteiger partial charge is 0.481 e. The minimum atomic E-state index is -0.659. The molecule has 3 N–H and O–H groups in total. The van der Waals surface area contributed by atoms with Gasteiger partial charge in [0.05, 0.1) is 0 Å². The summed E-state index contributed by atoms with van der Waals surface area (Å²) in [7, 11) is 0. The molecular weight excluding hydrogens is 982 g/mol. The second kappa shape index (κ2) is 69.2. The van der Waals surface area contributed by atoms with Crippen molar-refractivity contribution in [3.63, 3.8) is 0 Å². The maximum Gasteiger partial charge on any atom is 0.303 e. The Kier molecular flexibility index (Phi) is 74.8. The molecule has 0 aliphatic heterocycles. The van der Waals surface area contributed by atoms with Gasteiger partial charge in [0.1, 0.15) is 0 Å². The standard InChI is InChI=1S/3C20H38O2.Ho/c3*1-2-3-4-5-6-7-8-9-10-11-12-13-14-15-16-17-18-19-20(21)22;/h3*9-10H,2-8,11-19H2,1H3,(H,21,22);/b3*10-9-;. The van der Waals surface area contributed by atoms with E-state index >= 15 is 0 Å². The number of carboxylic acid groups (broad SMARTS) is 3. The maximum absolute atomic E-state index is 10.4. The molecule has 0 saturated carbocycles. The van der Waals surface area contributed by atoms with Crippen molar-refractivity contribution in [1.82, 2.24) is 0 Å². The number of aliphatic carboxylic acids is 3. The Balaban J connectivity index is -0.000000441. The van der Waals surface area contributed by atoms with Gasteiger partial charge in [-0.25, -0.2) is 0 Å². The molecule has 0 atom stereocenters. The fraction of sp³-hybridized carbons (Fsp3) is 0.850. The number of hydrogen-bond donors (Lipinski definition) is 3. The molecule has 0 rings (SSSR count). The molecule has 0 amide bonds. The molecular formula is C60H114HoO6. The fourth-order valence-electron chi connectivity index (χ4n) is 8.10. The number of unbranched alkanes of at least 4 members (excludes halogenated alkanes) is 39. The van der Waals surface area contributed by atoms with Gasteiger partial charge in [-0.2, -0.15) is 0 Å². The Morgan fingerprint density at radius 2 is 0.373 bits per heavy atom. The van der Waals surface area contributed by atoms with Crippen LogP contribution >= 0.6 is 0 Å². The van der Waals surface area contributed by atoms with Crippen molar-refractivity contribution in [3.05, 3.63) is 36.5 Å². The minimum Gasteiger partial charge on any atom is -0.481 e. The third-order valence-electron chi connectivity index (χ3n) is 12.5. The van der Waals surface area contributed by atoms with Crippen molar-refractivity contribution in [1.29, 1.82) is 0 Å². The fourth-order valence-corrected chi connectivity index (χ4v) is 8.10. The van der Waals surface area contributed by atoms with Gasteiger partial charge in [0.2, 0.25) is 0 Å². The summed E-state index contributed by atoms with van der Waals surface area (Å²) in [6, 6.07) is 0. The van der Waals surface area contributed by atoms with Crippen LogP contribution in [0.3, 0.4) is 0 Å². The number of carbonyl (C=O) groups is 3. The normalized spacial score (nSPS) is 11.1. The molecule has 0 fully saturated rings. The number of carboxylic acids is 3. The molecule has 401 valence electrons. The van der Waals surface area contributed by atoms with E-state index in [1.165, 1.54) is 250 Å². The maximum atomic E-state index is 10.4. The zero-order valence-electron chi connectivity index (χ0n) is 44.8. The summed E-state index contributed by atoms with van der Waals surface area (Å²) < 4.78 is 0. The van der Waals surface area contributed by atoms with Crippen molar-refractivity contribution >= 4 is 17.9 Å². The molecule has 6 nitrogen and oxygen atoms in total. The molecule has 67 heavy (non-hydrogen) atoms. The van der Waals surface area contributed by atoms with Gasteiger partial charge < -0.3 is 15.3 Å². The molecule has 0 aromatic carbocycles. The Hall–Kier alpha value is -1.11. The molecule has 1 radical (unpaired) electrons. The third kappa shape index (κ3) is 82.2. The molecule has 0 saturated heterocycles. The van der Waals surface area contributed by atoms with Gasteiger partial charge in [-0.3, -0.25) is 14.4 Å². The number of allylic oxidation sites excluding steroid dienone is 6. The first-order valence-corrected chi connectivity index (χ1v) is 28.9. The molecule has 0 aliphatic rings. The van der Waals surface area contributed by atoms with Crippen LogP contribution in [-0.4, -0.2) is 33.2 Å². The predicted molar refractivity (Wildman–Crippen MR) is 289 cm³/mol.